The SMILES string of the molecule is CC(C)C1(C)OC(=O)C(=C/C=C/C=C/C2=C(O)OC(CC3OC(=O)C(=C/C=C/C=C/C4=C(O)OC(C)(C)OC4=O)C(=O)O3)OC2=O)C(=O)O1. The van der Waals surface area contributed by atoms with Crippen LogP contribution in [0.1, 0.15) is 41.0 Å². The molecule has 2 N–H and O–H groups in total. The maximum atomic E-state index is 12.5. The number of ether oxygens (including phenoxy) is 8. The molecule has 0 aromatic carbocycles. The summed E-state index contributed by atoms with van der Waals surface area (Å²) < 4.78 is 40.9. The molecular weight excluding hydrogens is 652 g/mol. The highest BCUT2D eigenvalue weighted by atomic mass is 16.8. The fourth-order valence-electron chi connectivity index (χ4n) is 4.08. The van der Waals surface area contributed by atoms with Crippen molar-refractivity contribution >= 4 is 35.8 Å². The zero-order chi connectivity index (χ0) is 36.1. The molecule has 260 valence electrons. The summed E-state index contributed by atoms with van der Waals surface area (Å²) in [6.45, 7) is 7.82. The number of hydrogen-bond acceptors (Lipinski definition) is 16. The molecule has 0 aromatic heterocycles. The Morgan fingerprint density at radius 2 is 1.04 bits per heavy atom. The number of cyclic esters (lactones) is 6. The van der Waals surface area contributed by atoms with Crippen LogP contribution in [0.3, 0.4) is 0 Å². The Labute approximate surface area is 278 Å². The smallest absolute Gasteiger partial charge is 0.348 e. The van der Waals surface area contributed by atoms with Crippen LogP contribution in [0.25, 0.3) is 0 Å². The summed E-state index contributed by atoms with van der Waals surface area (Å²) in [6.07, 6.45) is 8.93. The Hall–Kier alpha value is -6.06. The zero-order valence-corrected chi connectivity index (χ0v) is 26.8. The second kappa shape index (κ2) is 14.4. The van der Waals surface area contributed by atoms with E-state index in [-0.39, 0.29) is 22.6 Å². The summed E-state index contributed by atoms with van der Waals surface area (Å²) in [5, 5.41) is 20.1. The molecule has 0 spiro atoms. The topological polar surface area (TPSA) is 217 Å². The van der Waals surface area contributed by atoms with Crippen LogP contribution in [0, 0.1) is 5.92 Å². The molecule has 49 heavy (non-hydrogen) atoms. The lowest BCUT2D eigenvalue weighted by molar-refractivity contribution is -0.243. The Morgan fingerprint density at radius 1 is 0.571 bits per heavy atom. The van der Waals surface area contributed by atoms with E-state index in [1.165, 1.54) is 63.3 Å². The minimum Gasteiger partial charge on any atom is -0.480 e. The first-order valence-electron chi connectivity index (χ1n) is 14.6. The van der Waals surface area contributed by atoms with Gasteiger partial charge in [0, 0.05) is 26.7 Å². The van der Waals surface area contributed by atoms with Crippen LogP contribution in [0.4, 0.5) is 0 Å². The number of allylic oxidation sites excluding steroid dienone is 8. The van der Waals surface area contributed by atoms with E-state index in [0.29, 0.717) is 0 Å². The average molecular weight is 685 g/mol. The van der Waals surface area contributed by atoms with E-state index in [9.17, 15) is 39.0 Å². The van der Waals surface area contributed by atoms with Crippen LogP contribution in [0.15, 0.2) is 94.9 Å². The molecule has 0 bridgehead atoms. The summed E-state index contributed by atoms with van der Waals surface area (Å²) in [7, 11) is 0. The average Bonchev–Trinajstić information content (AvgIpc) is 2.96. The first kappa shape index (κ1) is 35.8. The van der Waals surface area contributed by atoms with Crippen LogP contribution >= 0.6 is 0 Å². The predicted molar refractivity (Wildman–Crippen MR) is 160 cm³/mol. The van der Waals surface area contributed by atoms with Crippen molar-refractivity contribution < 1.29 is 76.9 Å². The number of aliphatic hydroxyl groups excluding tert-OH is 2. The van der Waals surface area contributed by atoms with Crippen LogP contribution in [0.2, 0.25) is 0 Å². The highest BCUT2D eigenvalue weighted by molar-refractivity contribution is 6.16. The van der Waals surface area contributed by atoms with Crippen LogP contribution in [0.5, 0.6) is 0 Å². The van der Waals surface area contributed by atoms with Gasteiger partial charge in [-0.05, 0) is 24.3 Å². The van der Waals surface area contributed by atoms with Gasteiger partial charge in [0.05, 0.1) is 6.42 Å². The van der Waals surface area contributed by atoms with Crippen molar-refractivity contribution in [3.8, 4) is 0 Å². The van der Waals surface area contributed by atoms with Crippen molar-refractivity contribution in [1.29, 1.82) is 0 Å². The lowest BCUT2D eigenvalue weighted by atomic mass is 10.0. The largest absolute Gasteiger partial charge is 0.480 e. The number of hydrogen-bond donors (Lipinski definition) is 2. The summed E-state index contributed by atoms with van der Waals surface area (Å²) in [5.74, 6) is -10.1. The molecule has 4 rings (SSSR count). The van der Waals surface area contributed by atoms with Gasteiger partial charge in [-0.3, -0.25) is 0 Å². The van der Waals surface area contributed by atoms with Gasteiger partial charge in [-0.1, -0.05) is 50.3 Å². The fourth-order valence-corrected chi connectivity index (χ4v) is 4.08. The van der Waals surface area contributed by atoms with Crippen molar-refractivity contribution in [3.63, 3.8) is 0 Å². The maximum absolute atomic E-state index is 12.5. The van der Waals surface area contributed by atoms with E-state index >= 15 is 0 Å². The van der Waals surface area contributed by atoms with Crippen molar-refractivity contribution in [3.05, 3.63) is 94.9 Å². The Kier molecular flexibility index (Phi) is 10.5. The van der Waals surface area contributed by atoms with E-state index in [0.717, 1.165) is 18.2 Å². The van der Waals surface area contributed by atoms with E-state index in [1.54, 1.807) is 13.8 Å². The van der Waals surface area contributed by atoms with E-state index in [2.05, 4.69) is 0 Å². The minimum absolute atomic E-state index is 0.246. The van der Waals surface area contributed by atoms with Crippen LogP contribution in [-0.2, 0) is 66.7 Å². The van der Waals surface area contributed by atoms with E-state index < -0.39 is 83.9 Å². The van der Waals surface area contributed by atoms with Gasteiger partial charge in [-0.2, -0.15) is 0 Å². The molecule has 0 radical (unpaired) electrons. The van der Waals surface area contributed by atoms with Gasteiger partial charge in [0.1, 0.15) is 22.3 Å². The lowest BCUT2D eigenvalue weighted by Crippen LogP contribution is -2.47. The number of aliphatic hydroxyl groups is 2. The molecule has 4 aliphatic rings. The number of carbonyl (C=O) groups is 6. The molecule has 4 heterocycles. The highest BCUT2D eigenvalue weighted by Crippen LogP contribution is 2.30. The maximum Gasteiger partial charge on any atom is 0.348 e. The van der Waals surface area contributed by atoms with Gasteiger partial charge in [0.25, 0.3) is 36.0 Å². The van der Waals surface area contributed by atoms with Gasteiger partial charge in [-0.25, -0.2) is 28.8 Å². The van der Waals surface area contributed by atoms with Crippen molar-refractivity contribution in [1.82, 2.24) is 0 Å². The lowest BCUT2D eigenvalue weighted by Gasteiger charge is -2.36. The molecule has 0 aliphatic carbocycles. The Bertz CT molecular complexity index is 1650. The number of rotatable bonds is 9. The normalized spacial score (nSPS) is 26.1. The molecule has 16 nitrogen and oxygen atoms in total. The van der Waals surface area contributed by atoms with Crippen molar-refractivity contribution in [2.75, 3.05) is 0 Å². The monoisotopic (exact) mass is 684 g/mol. The molecule has 2 fully saturated rings. The first-order chi connectivity index (χ1) is 23.0. The summed E-state index contributed by atoms with van der Waals surface area (Å²) in [5.41, 5.74) is -1.45. The molecule has 2 saturated heterocycles. The number of esters is 6. The van der Waals surface area contributed by atoms with Gasteiger partial charge in [-0.15, -0.1) is 0 Å². The first-order valence-corrected chi connectivity index (χ1v) is 14.6. The third-order valence-electron chi connectivity index (χ3n) is 6.94. The third kappa shape index (κ3) is 8.65. The molecular formula is C33H32O16. The fraction of sp³-hybridized carbons (Fsp3) is 0.333. The molecule has 4 aliphatic heterocycles. The van der Waals surface area contributed by atoms with E-state index in [1.807, 2.05) is 0 Å². The van der Waals surface area contributed by atoms with Gasteiger partial charge in [0.2, 0.25) is 0 Å². The Balaban J connectivity index is 1.29. The van der Waals surface area contributed by atoms with Gasteiger partial charge >= 0.3 is 35.8 Å². The quantitative estimate of drug-likeness (QED) is 0.117. The Morgan fingerprint density at radius 3 is 1.53 bits per heavy atom. The minimum atomic E-state index is -1.52. The third-order valence-corrected chi connectivity index (χ3v) is 6.94. The molecule has 1 unspecified atom stereocenters. The zero-order valence-electron chi connectivity index (χ0n) is 26.8. The molecule has 1 atom stereocenters. The molecule has 0 saturated carbocycles. The van der Waals surface area contributed by atoms with Crippen LogP contribution in [-0.4, -0.2) is 70.2 Å². The second-order valence-electron chi connectivity index (χ2n) is 11.4. The van der Waals surface area contributed by atoms with Crippen molar-refractivity contribution in [2.24, 2.45) is 5.92 Å². The molecule has 0 aromatic rings. The summed E-state index contributed by atoms with van der Waals surface area (Å²) >= 11 is 0. The molecule has 0 amide bonds. The van der Waals surface area contributed by atoms with E-state index in [4.69, 9.17) is 37.9 Å². The second-order valence-corrected chi connectivity index (χ2v) is 11.4. The molecule has 16 heteroatoms. The summed E-state index contributed by atoms with van der Waals surface area (Å²) in [6, 6.07) is 0. The summed E-state index contributed by atoms with van der Waals surface area (Å²) in [4.78, 5) is 73.8. The van der Waals surface area contributed by atoms with Gasteiger partial charge < -0.3 is 48.1 Å². The number of carbonyl (C=O) groups excluding carboxylic acids is 6. The standard InChI is InChI=1S/C33H32O16/c1-17(2)33(5)48-30(40)21(31(41)49-33)15-11-7-9-13-19-26(36)44-23(45-27(19)37)16-22-42-24(34)18(25(35)43-22)12-8-6-10-14-20-28(38)46-32(3,4)47-29(20)39/h6-15,17,22-23,36,38H,16H2,1-5H3/b8-6+,11-7+,13-9+,14-10+,18-12?,21-15?. The predicted octanol–water partition coefficient (Wildman–Crippen LogP) is 3.10. The highest BCUT2D eigenvalue weighted by Gasteiger charge is 2.44. The van der Waals surface area contributed by atoms with Crippen LogP contribution < -0.4 is 0 Å². The van der Waals surface area contributed by atoms with Crippen molar-refractivity contribution in [2.45, 2.75) is 65.2 Å². The van der Waals surface area contributed by atoms with Gasteiger partial charge in [0.15, 0.2) is 0 Å².